The number of hydrazine groups is 1. The molecule has 2 aromatic rings. The second-order valence-electron chi connectivity index (χ2n) is 3.92. The molecule has 0 aliphatic carbocycles. The lowest BCUT2D eigenvalue weighted by Crippen LogP contribution is -2.31. The van der Waals surface area contributed by atoms with Gasteiger partial charge in [0.25, 0.3) is 0 Å². The zero-order chi connectivity index (χ0) is 13.1. The number of nitrogen functional groups attached to an aromatic ring is 1. The van der Waals surface area contributed by atoms with Crippen LogP contribution in [0.1, 0.15) is 22.7 Å². The lowest BCUT2D eigenvalue weighted by Gasteiger charge is -2.20. The summed E-state index contributed by atoms with van der Waals surface area (Å²) in [6.45, 7) is 1.87. The summed E-state index contributed by atoms with van der Waals surface area (Å²) in [6.07, 6.45) is 4.25. The molecule has 0 saturated carbocycles. The molecule has 6 heteroatoms. The van der Waals surface area contributed by atoms with Gasteiger partial charge in [0.2, 0.25) is 0 Å². The van der Waals surface area contributed by atoms with Crippen molar-refractivity contribution < 1.29 is 4.39 Å². The number of aromatic nitrogens is 2. The predicted octanol–water partition coefficient (Wildman–Crippen LogP) is 1.06. The van der Waals surface area contributed by atoms with Crippen molar-refractivity contribution in [3.63, 3.8) is 0 Å². The molecular weight excluding hydrogens is 233 g/mol. The quantitative estimate of drug-likeness (QED) is 0.557. The maximum absolute atomic E-state index is 13.8. The number of pyridine rings is 2. The van der Waals surface area contributed by atoms with Gasteiger partial charge in [-0.3, -0.25) is 10.8 Å². The number of halogens is 1. The molecule has 1 atom stereocenters. The van der Waals surface area contributed by atoms with E-state index in [4.69, 9.17) is 11.6 Å². The summed E-state index contributed by atoms with van der Waals surface area (Å²) in [5, 5.41) is 0. The maximum atomic E-state index is 13.8. The third kappa shape index (κ3) is 2.15. The fourth-order valence-corrected chi connectivity index (χ4v) is 1.91. The number of hydrogen-bond acceptors (Lipinski definition) is 5. The van der Waals surface area contributed by atoms with Gasteiger partial charge in [-0.1, -0.05) is 0 Å². The highest BCUT2D eigenvalue weighted by atomic mass is 19.1. The number of rotatable bonds is 3. The first kappa shape index (κ1) is 12.4. The van der Waals surface area contributed by atoms with Crippen molar-refractivity contribution in [3.8, 4) is 0 Å². The molecule has 5 N–H and O–H groups in total. The van der Waals surface area contributed by atoms with Crippen LogP contribution in [0, 0.1) is 12.7 Å². The normalized spacial score (nSPS) is 12.4. The molecule has 94 valence electrons. The van der Waals surface area contributed by atoms with Gasteiger partial charge in [0.15, 0.2) is 0 Å². The first-order valence-corrected chi connectivity index (χ1v) is 5.41. The Hall–Kier alpha value is -2.05. The van der Waals surface area contributed by atoms with Crippen molar-refractivity contribution in [3.05, 3.63) is 53.2 Å². The van der Waals surface area contributed by atoms with Gasteiger partial charge in [-0.25, -0.2) is 14.8 Å². The standard InChI is InChI=1S/C12H14FN5/c1-7-2-5-17-12(14)10(7)11(18-15)8-3-4-16-6-9(8)13/h2-6,11,18H,15H2,1H3,(H2,14,17). The number of anilines is 1. The minimum Gasteiger partial charge on any atom is -0.383 e. The molecule has 0 saturated heterocycles. The van der Waals surface area contributed by atoms with Crippen LogP contribution in [0.2, 0.25) is 0 Å². The Kier molecular flexibility index (Phi) is 3.50. The SMILES string of the molecule is Cc1ccnc(N)c1C(NN)c1ccncc1F. The Bertz CT molecular complexity index is 538. The average Bonchev–Trinajstić information content (AvgIpc) is 2.35. The van der Waals surface area contributed by atoms with Crippen molar-refractivity contribution in [1.82, 2.24) is 15.4 Å². The fraction of sp³-hybridized carbons (Fsp3) is 0.167. The number of nitrogens with one attached hydrogen (secondary N) is 1. The summed E-state index contributed by atoms with van der Waals surface area (Å²) >= 11 is 0. The van der Waals surface area contributed by atoms with Gasteiger partial charge < -0.3 is 5.73 Å². The molecule has 0 radical (unpaired) electrons. The highest BCUT2D eigenvalue weighted by molar-refractivity contribution is 5.49. The number of aryl methyl sites for hydroxylation is 1. The molecule has 0 aliphatic rings. The summed E-state index contributed by atoms with van der Waals surface area (Å²) < 4.78 is 13.8. The Morgan fingerprint density at radius 3 is 2.72 bits per heavy atom. The Labute approximate surface area is 104 Å². The van der Waals surface area contributed by atoms with E-state index in [1.54, 1.807) is 18.3 Å². The van der Waals surface area contributed by atoms with E-state index in [0.717, 1.165) is 11.8 Å². The van der Waals surface area contributed by atoms with E-state index in [-0.39, 0.29) is 0 Å². The van der Waals surface area contributed by atoms with Crippen LogP contribution in [0.25, 0.3) is 0 Å². The minimum atomic E-state index is -0.554. The zero-order valence-corrected chi connectivity index (χ0v) is 9.89. The first-order chi connectivity index (χ1) is 8.65. The molecule has 0 amide bonds. The summed E-state index contributed by atoms with van der Waals surface area (Å²) in [4.78, 5) is 7.72. The molecule has 0 spiro atoms. The van der Waals surface area contributed by atoms with Gasteiger partial charge >= 0.3 is 0 Å². The molecule has 18 heavy (non-hydrogen) atoms. The molecule has 2 aromatic heterocycles. The van der Waals surface area contributed by atoms with E-state index >= 15 is 0 Å². The van der Waals surface area contributed by atoms with Crippen LogP contribution in [0.3, 0.4) is 0 Å². The van der Waals surface area contributed by atoms with Crippen LogP contribution in [0.15, 0.2) is 30.7 Å². The number of nitrogens with zero attached hydrogens (tertiary/aromatic N) is 2. The van der Waals surface area contributed by atoms with Crippen molar-refractivity contribution in [2.45, 2.75) is 13.0 Å². The first-order valence-electron chi connectivity index (χ1n) is 5.41. The second-order valence-corrected chi connectivity index (χ2v) is 3.92. The topological polar surface area (TPSA) is 89.8 Å². The van der Waals surface area contributed by atoms with Crippen LogP contribution in [-0.2, 0) is 0 Å². The van der Waals surface area contributed by atoms with E-state index in [1.165, 1.54) is 6.20 Å². The summed E-state index contributed by atoms with van der Waals surface area (Å²) in [5.74, 6) is 5.41. The molecular formula is C12H14FN5. The third-order valence-corrected chi connectivity index (χ3v) is 2.81. The Balaban J connectivity index is 2.56. The van der Waals surface area contributed by atoms with Crippen molar-refractivity contribution >= 4 is 5.82 Å². The van der Waals surface area contributed by atoms with Gasteiger partial charge in [-0.05, 0) is 24.6 Å². The van der Waals surface area contributed by atoms with E-state index in [1.807, 2.05) is 6.92 Å². The van der Waals surface area contributed by atoms with Gasteiger partial charge in [-0.15, -0.1) is 0 Å². The molecule has 0 fully saturated rings. The van der Waals surface area contributed by atoms with Crippen LogP contribution in [0.4, 0.5) is 10.2 Å². The molecule has 2 heterocycles. The largest absolute Gasteiger partial charge is 0.383 e. The van der Waals surface area contributed by atoms with E-state index in [9.17, 15) is 4.39 Å². The van der Waals surface area contributed by atoms with Gasteiger partial charge in [0.05, 0.1) is 12.2 Å². The molecule has 1 unspecified atom stereocenters. The second kappa shape index (κ2) is 5.07. The fourth-order valence-electron chi connectivity index (χ4n) is 1.91. The maximum Gasteiger partial charge on any atom is 0.146 e. The van der Waals surface area contributed by atoms with Crippen LogP contribution in [0.5, 0.6) is 0 Å². The predicted molar refractivity (Wildman–Crippen MR) is 66.7 cm³/mol. The van der Waals surface area contributed by atoms with Crippen molar-refractivity contribution in [1.29, 1.82) is 0 Å². The lowest BCUT2D eigenvalue weighted by molar-refractivity contribution is 0.554. The van der Waals surface area contributed by atoms with E-state index in [2.05, 4.69) is 15.4 Å². The summed E-state index contributed by atoms with van der Waals surface area (Å²) in [6, 6.07) is 2.81. The smallest absolute Gasteiger partial charge is 0.146 e. The van der Waals surface area contributed by atoms with Crippen LogP contribution >= 0.6 is 0 Å². The molecule has 0 aromatic carbocycles. The third-order valence-electron chi connectivity index (χ3n) is 2.81. The van der Waals surface area contributed by atoms with E-state index < -0.39 is 11.9 Å². The average molecular weight is 247 g/mol. The van der Waals surface area contributed by atoms with Gasteiger partial charge in [0, 0.05) is 23.5 Å². The van der Waals surface area contributed by atoms with Gasteiger partial charge in [0.1, 0.15) is 11.6 Å². The summed E-state index contributed by atoms with van der Waals surface area (Å²) in [5.41, 5.74) is 10.4. The molecule has 5 nitrogen and oxygen atoms in total. The van der Waals surface area contributed by atoms with E-state index in [0.29, 0.717) is 16.9 Å². The summed E-state index contributed by atoms with van der Waals surface area (Å²) in [7, 11) is 0. The Morgan fingerprint density at radius 1 is 1.33 bits per heavy atom. The molecule has 2 rings (SSSR count). The number of nitrogens with two attached hydrogens (primary N) is 2. The van der Waals surface area contributed by atoms with Crippen molar-refractivity contribution in [2.24, 2.45) is 5.84 Å². The Morgan fingerprint density at radius 2 is 2.11 bits per heavy atom. The van der Waals surface area contributed by atoms with Crippen LogP contribution < -0.4 is 17.0 Å². The monoisotopic (exact) mass is 247 g/mol. The molecule has 0 aliphatic heterocycles. The molecule has 0 bridgehead atoms. The number of hydrogen-bond donors (Lipinski definition) is 3. The van der Waals surface area contributed by atoms with Crippen molar-refractivity contribution in [2.75, 3.05) is 5.73 Å². The minimum absolute atomic E-state index is 0.328. The highest BCUT2D eigenvalue weighted by Crippen LogP contribution is 2.28. The van der Waals surface area contributed by atoms with Crippen LogP contribution in [-0.4, -0.2) is 9.97 Å². The van der Waals surface area contributed by atoms with Gasteiger partial charge in [-0.2, -0.15) is 0 Å². The highest BCUT2D eigenvalue weighted by Gasteiger charge is 2.21. The lowest BCUT2D eigenvalue weighted by atomic mass is 9.96. The zero-order valence-electron chi connectivity index (χ0n) is 9.89.